The summed E-state index contributed by atoms with van der Waals surface area (Å²) in [5.74, 6) is 1.32. The van der Waals surface area contributed by atoms with Crippen LogP contribution in [0.2, 0.25) is 15.1 Å². The minimum Gasteiger partial charge on any atom is -0.355 e. The number of nitrogens with zero attached hydrogens (tertiary/aromatic N) is 1. The van der Waals surface area contributed by atoms with E-state index in [0.29, 0.717) is 39.5 Å². The van der Waals surface area contributed by atoms with Crippen molar-refractivity contribution >= 4 is 52.5 Å². The van der Waals surface area contributed by atoms with E-state index in [1.807, 2.05) is 18.2 Å². The van der Waals surface area contributed by atoms with Crippen LogP contribution in [0.25, 0.3) is 0 Å². The molecule has 162 valence electrons. The van der Waals surface area contributed by atoms with Gasteiger partial charge in [-0.25, -0.2) is 4.39 Å². The summed E-state index contributed by atoms with van der Waals surface area (Å²) in [7, 11) is 0. The van der Waals surface area contributed by atoms with Crippen LogP contribution in [0.15, 0.2) is 36.4 Å². The van der Waals surface area contributed by atoms with Gasteiger partial charge in [0, 0.05) is 51.1 Å². The number of nitrogens with one attached hydrogen (secondary N) is 1. The first-order valence-corrected chi connectivity index (χ1v) is 12.2. The maximum Gasteiger partial charge on any atom is 0.223 e. The van der Waals surface area contributed by atoms with Crippen LogP contribution in [0.5, 0.6) is 0 Å². The van der Waals surface area contributed by atoms with Crippen molar-refractivity contribution in [1.29, 1.82) is 0 Å². The average molecular weight is 490 g/mol. The predicted molar refractivity (Wildman–Crippen MR) is 125 cm³/mol. The summed E-state index contributed by atoms with van der Waals surface area (Å²) in [5, 5.41) is 4.81. The Bertz CT molecular complexity index is 835. The number of benzene rings is 2. The lowest BCUT2D eigenvalue weighted by Crippen LogP contribution is -2.40. The highest BCUT2D eigenvalue weighted by molar-refractivity contribution is 7.98. The van der Waals surface area contributed by atoms with E-state index >= 15 is 0 Å². The molecule has 1 N–H and O–H groups in total. The molecule has 0 aliphatic carbocycles. The molecule has 0 spiro atoms. The summed E-state index contributed by atoms with van der Waals surface area (Å²) in [5.41, 5.74) is 1.46. The number of carbonyl (C=O) groups excluding carboxylic acids is 1. The van der Waals surface area contributed by atoms with Gasteiger partial charge in [-0.1, -0.05) is 46.9 Å². The number of hydrogen-bond donors (Lipinski definition) is 1. The molecule has 2 aromatic rings. The monoisotopic (exact) mass is 488 g/mol. The van der Waals surface area contributed by atoms with E-state index in [1.54, 1.807) is 23.9 Å². The maximum atomic E-state index is 14.0. The molecule has 1 saturated heterocycles. The fourth-order valence-electron chi connectivity index (χ4n) is 3.50. The second kappa shape index (κ2) is 11.6. The van der Waals surface area contributed by atoms with Crippen molar-refractivity contribution in [3.63, 3.8) is 0 Å². The van der Waals surface area contributed by atoms with Crippen molar-refractivity contribution in [3.05, 3.63) is 68.4 Å². The summed E-state index contributed by atoms with van der Waals surface area (Å²) < 4.78 is 14.0. The number of carbonyl (C=O) groups is 1. The summed E-state index contributed by atoms with van der Waals surface area (Å²) in [6.07, 6.45) is 1.53. The highest BCUT2D eigenvalue weighted by Crippen LogP contribution is 2.28. The van der Waals surface area contributed by atoms with Gasteiger partial charge < -0.3 is 5.32 Å². The van der Waals surface area contributed by atoms with Crippen LogP contribution in [0.3, 0.4) is 0 Å². The topological polar surface area (TPSA) is 32.3 Å². The van der Waals surface area contributed by atoms with Crippen LogP contribution in [0, 0.1) is 11.7 Å². The fourth-order valence-corrected chi connectivity index (χ4v) is 5.31. The minimum absolute atomic E-state index is 0.000328. The van der Waals surface area contributed by atoms with Crippen LogP contribution >= 0.6 is 46.6 Å². The first-order chi connectivity index (χ1) is 14.5. The van der Waals surface area contributed by atoms with Gasteiger partial charge in [0.05, 0.1) is 0 Å². The van der Waals surface area contributed by atoms with Crippen LogP contribution in [-0.4, -0.2) is 36.2 Å². The molecule has 2 aromatic carbocycles. The Labute approximate surface area is 196 Å². The molecule has 1 aliphatic rings. The molecule has 3 nitrogen and oxygen atoms in total. The molecule has 8 heteroatoms. The molecule has 1 fully saturated rings. The Morgan fingerprint density at radius 3 is 2.27 bits per heavy atom. The number of piperidine rings is 1. The lowest BCUT2D eigenvalue weighted by molar-refractivity contribution is -0.126. The van der Waals surface area contributed by atoms with E-state index in [0.717, 1.165) is 37.2 Å². The molecular formula is C22H24Cl3FN2OS. The molecule has 30 heavy (non-hydrogen) atoms. The third kappa shape index (κ3) is 6.51. The van der Waals surface area contributed by atoms with Crippen LogP contribution in [-0.2, 0) is 17.1 Å². The highest BCUT2D eigenvalue weighted by Gasteiger charge is 2.25. The van der Waals surface area contributed by atoms with E-state index in [-0.39, 0.29) is 17.6 Å². The Hall–Kier alpha value is -0.980. The predicted octanol–water partition coefficient (Wildman–Crippen LogP) is 6.05. The molecule has 0 radical (unpaired) electrons. The van der Waals surface area contributed by atoms with Gasteiger partial charge in [-0.2, -0.15) is 11.8 Å². The van der Waals surface area contributed by atoms with Crippen LogP contribution in [0.4, 0.5) is 4.39 Å². The van der Waals surface area contributed by atoms with E-state index in [9.17, 15) is 9.18 Å². The van der Waals surface area contributed by atoms with Gasteiger partial charge in [0.1, 0.15) is 5.82 Å². The number of amides is 1. The van der Waals surface area contributed by atoms with Crippen LogP contribution < -0.4 is 5.32 Å². The zero-order chi connectivity index (χ0) is 21.5. The zero-order valence-electron chi connectivity index (χ0n) is 16.5. The van der Waals surface area contributed by atoms with Crippen molar-refractivity contribution < 1.29 is 9.18 Å². The standard InChI is InChI=1S/C22H24Cl3FN2OS/c23-18-5-2-6-21(26)16(18)13-28-10-7-15(8-11-28)22(29)27-9-12-30-14-17-19(24)3-1-4-20(17)25/h1-6,15H,7-14H2,(H,27,29). The quantitative estimate of drug-likeness (QED) is 0.458. The summed E-state index contributed by atoms with van der Waals surface area (Å²) in [6.45, 7) is 2.59. The van der Waals surface area contributed by atoms with E-state index in [4.69, 9.17) is 34.8 Å². The lowest BCUT2D eigenvalue weighted by atomic mass is 9.95. The molecule has 0 atom stereocenters. The number of likely N-dealkylation sites (tertiary alicyclic amines) is 1. The zero-order valence-corrected chi connectivity index (χ0v) is 19.6. The van der Waals surface area contributed by atoms with Gasteiger partial charge in [-0.15, -0.1) is 0 Å². The Morgan fingerprint density at radius 2 is 1.63 bits per heavy atom. The maximum absolute atomic E-state index is 14.0. The number of hydrogen-bond acceptors (Lipinski definition) is 3. The molecule has 0 bridgehead atoms. The molecule has 0 aromatic heterocycles. The van der Waals surface area contributed by atoms with Crippen molar-refractivity contribution in [3.8, 4) is 0 Å². The molecule has 1 amide bonds. The summed E-state index contributed by atoms with van der Waals surface area (Å²) >= 11 is 20.2. The van der Waals surface area contributed by atoms with Gasteiger partial charge in [-0.05, 0) is 55.8 Å². The smallest absolute Gasteiger partial charge is 0.223 e. The second-order valence-electron chi connectivity index (χ2n) is 7.29. The molecular weight excluding hydrogens is 466 g/mol. The Kier molecular flexibility index (Phi) is 9.14. The first kappa shape index (κ1) is 23.7. The summed E-state index contributed by atoms with van der Waals surface area (Å²) in [4.78, 5) is 14.6. The first-order valence-electron chi connectivity index (χ1n) is 9.89. The molecule has 1 aliphatic heterocycles. The number of rotatable bonds is 8. The molecule has 0 unspecified atom stereocenters. The van der Waals surface area contributed by atoms with Crippen molar-refractivity contribution in [1.82, 2.24) is 10.2 Å². The summed E-state index contributed by atoms with van der Waals surface area (Å²) in [6, 6.07) is 10.2. The third-order valence-electron chi connectivity index (χ3n) is 5.26. The van der Waals surface area contributed by atoms with E-state index in [2.05, 4.69) is 10.2 Å². The van der Waals surface area contributed by atoms with Gasteiger partial charge >= 0.3 is 0 Å². The van der Waals surface area contributed by atoms with Gasteiger partial charge in [0.15, 0.2) is 0 Å². The van der Waals surface area contributed by atoms with Crippen molar-refractivity contribution in [2.45, 2.75) is 25.1 Å². The molecule has 1 heterocycles. The van der Waals surface area contributed by atoms with Crippen LogP contribution in [0.1, 0.15) is 24.0 Å². The van der Waals surface area contributed by atoms with Gasteiger partial charge in [0.2, 0.25) is 5.91 Å². The highest BCUT2D eigenvalue weighted by atomic mass is 35.5. The van der Waals surface area contributed by atoms with E-state index in [1.165, 1.54) is 6.07 Å². The lowest BCUT2D eigenvalue weighted by Gasteiger charge is -2.31. The second-order valence-corrected chi connectivity index (χ2v) is 9.62. The third-order valence-corrected chi connectivity index (χ3v) is 7.30. The van der Waals surface area contributed by atoms with Gasteiger partial charge in [-0.3, -0.25) is 9.69 Å². The number of halogens is 4. The van der Waals surface area contributed by atoms with Crippen molar-refractivity contribution in [2.75, 3.05) is 25.4 Å². The fraction of sp³-hybridized carbons (Fsp3) is 0.409. The van der Waals surface area contributed by atoms with Crippen molar-refractivity contribution in [2.24, 2.45) is 5.92 Å². The number of thioether (sulfide) groups is 1. The minimum atomic E-state index is -0.280. The Morgan fingerprint density at radius 1 is 1.03 bits per heavy atom. The SMILES string of the molecule is O=C(NCCSCc1c(Cl)cccc1Cl)C1CCN(Cc2c(F)cccc2Cl)CC1. The Balaban J connectivity index is 1.35. The normalized spacial score (nSPS) is 15.3. The largest absolute Gasteiger partial charge is 0.355 e. The van der Waals surface area contributed by atoms with Gasteiger partial charge in [0.25, 0.3) is 0 Å². The molecule has 0 saturated carbocycles. The van der Waals surface area contributed by atoms with E-state index < -0.39 is 0 Å². The molecule has 3 rings (SSSR count). The average Bonchev–Trinajstić information content (AvgIpc) is 2.73.